The average Bonchev–Trinajstić information content (AvgIpc) is 2.41. The third-order valence-corrected chi connectivity index (χ3v) is 3.02. The third kappa shape index (κ3) is 7.32. The number of benzene rings is 1. The monoisotopic (exact) mass is 309 g/mol. The van der Waals surface area contributed by atoms with Gasteiger partial charge in [-0.15, -0.1) is 0 Å². The maximum Gasteiger partial charge on any atom is 0.161 e. The topological polar surface area (TPSA) is 44.5 Å². The van der Waals surface area contributed by atoms with Crippen LogP contribution in [0.15, 0.2) is 18.2 Å². The Morgan fingerprint density at radius 3 is 2.14 bits per heavy atom. The second-order valence-corrected chi connectivity index (χ2v) is 6.68. The lowest BCUT2D eigenvalue weighted by atomic mass is 10.1. The molecule has 0 amide bonds. The first-order chi connectivity index (χ1) is 9.88. The Bertz CT molecular complexity index is 458. The van der Waals surface area contributed by atoms with Gasteiger partial charge >= 0.3 is 0 Å². The quantitative estimate of drug-likeness (QED) is 0.701. The van der Waals surface area contributed by atoms with Gasteiger partial charge in [0.2, 0.25) is 0 Å². The van der Waals surface area contributed by atoms with Crippen LogP contribution in [0.2, 0.25) is 0 Å². The zero-order chi connectivity index (χ0) is 15.8. The van der Waals surface area contributed by atoms with Crippen LogP contribution in [0.5, 0.6) is 11.5 Å². The second-order valence-electron chi connectivity index (χ2n) is 6.16. The van der Waals surface area contributed by atoms with Gasteiger partial charge in [-0.3, -0.25) is 0 Å². The van der Waals surface area contributed by atoms with Crippen LogP contribution in [0.1, 0.15) is 39.7 Å². The fourth-order valence-corrected chi connectivity index (χ4v) is 1.82. The Labute approximate surface area is 133 Å². The minimum absolute atomic E-state index is 0.475. The molecule has 0 spiro atoms. The minimum Gasteiger partial charge on any atom is -0.489 e. The second kappa shape index (κ2) is 8.88. The summed E-state index contributed by atoms with van der Waals surface area (Å²) in [5.41, 5.74) is 6.73. The number of rotatable bonds is 9. The zero-order valence-electron chi connectivity index (χ0n) is 13.5. The Balaban J connectivity index is 2.82. The lowest BCUT2D eigenvalue weighted by Crippen LogP contribution is -2.10. The molecule has 0 aromatic heterocycles. The number of hydrogen-bond acceptors (Lipinski definition) is 3. The van der Waals surface area contributed by atoms with Crippen LogP contribution in [-0.2, 0) is 6.42 Å². The van der Waals surface area contributed by atoms with Crippen molar-refractivity contribution in [2.45, 2.75) is 40.5 Å². The van der Waals surface area contributed by atoms with Crippen molar-refractivity contribution >= 4 is 17.2 Å². The highest BCUT2D eigenvalue weighted by Gasteiger charge is 2.09. The molecule has 0 radical (unpaired) electrons. The lowest BCUT2D eigenvalue weighted by molar-refractivity contribution is 0.229. The molecule has 1 aromatic carbocycles. The molecule has 1 aromatic rings. The van der Waals surface area contributed by atoms with Gasteiger partial charge < -0.3 is 15.2 Å². The summed E-state index contributed by atoms with van der Waals surface area (Å²) < 4.78 is 11.7. The highest BCUT2D eigenvalue weighted by atomic mass is 32.1. The summed E-state index contributed by atoms with van der Waals surface area (Å²) in [4.78, 5) is 0.541. The van der Waals surface area contributed by atoms with Gasteiger partial charge in [0, 0.05) is 6.42 Å². The Hall–Kier alpha value is -1.29. The van der Waals surface area contributed by atoms with E-state index in [0.717, 1.165) is 17.9 Å². The molecule has 0 aliphatic carbocycles. The zero-order valence-corrected chi connectivity index (χ0v) is 14.3. The van der Waals surface area contributed by atoms with Crippen molar-refractivity contribution < 1.29 is 9.47 Å². The van der Waals surface area contributed by atoms with Crippen molar-refractivity contribution in [3.63, 3.8) is 0 Å². The van der Waals surface area contributed by atoms with E-state index in [2.05, 4.69) is 33.8 Å². The summed E-state index contributed by atoms with van der Waals surface area (Å²) >= 11 is 4.93. The molecule has 118 valence electrons. The van der Waals surface area contributed by atoms with E-state index in [1.165, 1.54) is 5.56 Å². The predicted octanol–water partition coefficient (Wildman–Crippen LogP) is 3.97. The van der Waals surface area contributed by atoms with Gasteiger partial charge in [0.1, 0.15) is 0 Å². The van der Waals surface area contributed by atoms with Crippen LogP contribution in [0, 0.1) is 11.8 Å². The first-order valence-electron chi connectivity index (χ1n) is 7.55. The third-order valence-electron chi connectivity index (χ3n) is 2.81. The number of hydrogen-bond donors (Lipinski definition) is 1. The van der Waals surface area contributed by atoms with Crippen LogP contribution >= 0.6 is 12.2 Å². The average molecular weight is 309 g/mol. The Morgan fingerprint density at radius 2 is 1.62 bits per heavy atom. The van der Waals surface area contributed by atoms with Crippen molar-refractivity contribution in [2.24, 2.45) is 17.6 Å². The van der Waals surface area contributed by atoms with E-state index in [1.54, 1.807) is 0 Å². The molecule has 0 aliphatic rings. The van der Waals surface area contributed by atoms with Crippen molar-refractivity contribution in [1.29, 1.82) is 0 Å². The van der Waals surface area contributed by atoms with E-state index < -0.39 is 0 Å². The van der Waals surface area contributed by atoms with E-state index in [0.29, 0.717) is 36.5 Å². The first kappa shape index (κ1) is 17.8. The van der Waals surface area contributed by atoms with Gasteiger partial charge in [-0.25, -0.2) is 0 Å². The first-order valence-corrected chi connectivity index (χ1v) is 7.96. The molecule has 0 fully saturated rings. The molecule has 2 N–H and O–H groups in total. The highest BCUT2D eigenvalue weighted by molar-refractivity contribution is 7.80. The van der Waals surface area contributed by atoms with Gasteiger partial charge in [-0.1, -0.05) is 46.0 Å². The van der Waals surface area contributed by atoms with Gasteiger partial charge in [0.05, 0.1) is 18.2 Å². The van der Waals surface area contributed by atoms with E-state index in [9.17, 15) is 0 Å². The summed E-state index contributed by atoms with van der Waals surface area (Å²) in [6.07, 6.45) is 1.54. The molecular weight excluding hydrogens is 282 g/mol. The maximum atomic E-state index is 5.89. The van der Waals surface area contributed by atoms with Crippen LogP contribution in [-0.4, -0.2) is 18.2 Å². The molecule has 21 heavy (non-hydrogen) atoms. The molecule has 3 nitrogen and oxygen atoms in total. The number of thiocarbonyl (C=S) groups is 1. The fourth-order valence-electron chi connectivity index (χ4n) is 1.72. The molecule has 1 rings (SSSR count). The van der Waals surface area contributed by atoms with Crippen molar-refractivity contribution in [2.75, 3.05) is 13.2 Å². The van der Waals surface area contributed by atoms with E-state index in [-0.39, 0.29) is 0 Å². The van der Waals surface area contributed by atoms with Crippen molar-refractivity contribution in [3.8, 4) is 11.5 Å². The molecule has 0 saturated heterocycles. The number of ether oxygens (including phenoxy) is 2. The predicted molar refractivity (Wildman–Crippen MR) is 92.2 cm³/mol. The van der Waals surface area contributed by atoms with Gasteiger partial charge in [-0.2, -0.15) is 0 Å². The molecule has 0 atom stereocenters. The number of aryl methyl sites for hydroxylation is 1. The molecule has 4 heteroatoms. The molecule has 0 heterocycles. The van der Waals surface area contributed by atoms with Gasteiger partial charge in [0.25, 0.3) is 0 Å². The van der Waals surface area contributed by atoms with Crippen LogP contribution in [0.25, 0.3) is 0 Å². The SMILES string of the molecule is CC(C)COc1ccc(CCC(N)=S)cc1OCC(C)C. The maximum absolute atomic E-state index is 5.89. The lowest BCUT2D eigenvalue weighted by Gasteiger charge is -2.16. The van der Waals surface area contributed by atoms with Crippen LogP contribution < -0.4 is 15.2 Å². The molecule has 0 aliphatic heterocycles. The molecule has 0 unspecified atom stereocenters. The van der Waals surface area contributed by atoms with Crippen LogP contribution in [0.4, 0.5) is 0 Å². The summed E-state index contributed by atoms with van der Waals surface area (Å²) in [7, 11) is 0. The summed E-state index contributed by atoms with van der Waals surface area (Å²) in [6.45, 7) is 9.88. The minimum atomic E-state index is 0.475. The molecule has 0 bridgehead atoms. The van der Waals surface area contributed by atoms with Crippen molar-refractivity contribution in [1.82, 2.24) is 0 Å². The van der Waals surface area contributed by atoms with Gasteiger partial charge in [0.15, 0.2) is 11.5 Å². The fraction of sp³-hybridized carbons (Fsp3) is 0.588. The van der Waals surface area contributed by atoms with Gasteiger partial charge in [-0.05, 0) is 36.0 Å². The normalized spacial score (nSPS) is 11.0. The van der Waals surface area contributed by atoms with E-state index in [1.807, 2.05) is 12.1 Å². The molecule has 0 saturated carbocycles. The Kier molecular flexibility index (Phi) is 7.51. The number of nitrogens with two attached hydrogens (primary N) is 1. The van der Waals surface area contributed by atoms with Crippen LogP contribution in [0.3, 0.4) is 0 Å². The highest BCUT2D eigenvalue weighted by Crippen LogP contribution is 2.29. The standard InChI is InChI=1S/C17H27NO2S/c1-12(2)10-19-15-7-5-14(6-8-17(18)21)9-16(15)20-11-13(3)4/h5,7,9,12-13H,6,8,10-11H2,1-4H3,(H2,18,21). The molecular formula is C17H27NO2S. The van der Waals surface area contributed by atoms with E-state index in [4.69, 9.17) is 27.4 Å². The summed E-state index contributed by atoms with van der Waals surface area (Å²) in [5.74, 6) is 2.58. The van der Waals surface area contributed by atoms with E-state index >= 15 is 0 Å². The summed E-state index contributed by atoms with van der Waals surface area (Å²) in [5, 5.41) is 0. The summed E-state index contributed by atoms with van der Waals surface area (Å²) in [6, 6.07) is 6.07. The Morgan fingerprint density at radius 1 is 1.05 bits per heavy atom. The largest absolute Gasteiger partial charge is 0.489 e. The smallest absolute Gasteiger partial charge is 0.161 e. The van der Waals surface area contributed by atoms with Crippen molar-refractivity contribution in [3.05, 3.63) is 23.8 Å².